The van der Waals surface area contributed by atoms with Gasteiger partial charge in [-0.05, 0) is 50.1 Å². The van der Waals surface area contributed by atoms with Crippen LogP contribution in [0.15, 0.2) is 36.7 Å². The minimum Gasteiger partial charge on any atom is -0.336 e. The van der Waals surface area contributed by atoms with Crippen molar-refractivity contribution in [3.8, 4) is 5.69 Å². The van der Waals surface area contributed by atoms with E-state index in [0.29, 0.717) is 23.0 Å². The molecule has 1 aromatic carbocycles. The van der Waals surface area contributed by atoms with Crippen LogP contribution in [-0.4, -0.2) is 39.7 Å². The number of aromatic nitrogens is 2. The minimum atomic E-state index is 0. The zero-order valence-corrected chi connectivity index (χ0v) is 14.4. The summed E-state index contributed by atoms with van der Waals surface area (Å²) in [6.07, 6.45) is 4.33. The van der Waals surface area contributed by atoms with Crippen LogP contribution in [0, 0.1) is 5.92 Å². The second-order valence-corrected chi connectivity index (χ2v) is 6.23. The maximum Gasteiger partial charge on any atom is 0.257 e. The molecule has 1 amide bonds. The van der Waals surface area contributed by atoms with Crippen LogP contribution in [0.1, 0.15) is 23.7 Å². The third-order valence-corrected chi connectivity index (χ3v) is 4.43. The van der Waals surface area contributed by atoms with Crippen molar-refractivity contribution in [3.63, 3.8) is 0 Å². The van der Waals surface area contributed by atoms with Crippen molar-refractivity contribution in [1.82, 2.24) is 14.7 Å². The number of benzene rings is 1. The molecule has 2 heterocycles. The summed E-state index contributed by atoms with van der Waals surface area (Å²) in [5.74, 6) is 0.411. The van der Waals surface area contributed by atoms with Crippen LogP contribution < -0.4 is 5.73 Å². The largest absolute Gasteiger partial charge is 0.336 e. The topological polar surface area (TPSA) is 64.2 Å². The molecule has 1 aliphatic heterocycles. The Morgan fingerprint density at radius 2 is 2.09 bits per heavy atom. The van der Waals surface area contributed by atoms with Crippen LogP contribution in [0.5, 0.6) is 0 Å². The van der Waals surface area contributed by atoms with Crippen molar-refractivity contribution in [2.45, 2.75) is 19.4 Å². The highest BCUT2D eigenvalue weighted by atomic mass is 35.5. The van der Waals surface area contributed by atoms with E-state index in [1.54, 1.807) is 29.2 Å². The van der Waals surface area contributed by atoms with Gasteiger partial charge in [0.15, 0.2) is 0 Å². The molecule has 0 bridgehead atoms. The van der Waals surface area contributed by atoms with Crippen molar-refractivity contribution in [2.75, 3.05) is 13.1 Å². The molecule has 0 spiro atoms. The summed E-state index contributed by atoms with van der Waals surface area (Å²) < 4.78 is 1.69. The number of hydrogen-bond donors (Lipinski definition) is 1. The van der Waals surface area contributed by atoms with E-state index in [4.69, 9.17) is 17.3 Å². The number of carbonyl (C=O) groups excluding carboxylic acids is 1. The van der Waals surface area contributed by atoms with Crippen LogP contribution >= 0.6 is 24.0 Å². The smallest absolute Gasteiger partial charge is 0.257 e. The van der Waals surface area contributed by atoms with Crippen molar-refractivity contribution in [3.05, 3.63) is 47.2 Å². The first-order chi connectivity index (χ1) is 10.6. The number of halogens is 2. The molecule has 2 aromatic rings. The predicted molar refractivity (Wildman–Crippen MR) is 93.5 cm³/mol. The van der Waals surface area contributed by atoms with Gasteiger partial charge < -0.3 is 10.6 Å². The highest BCUT2D eigenvalue weighted by Crippen LogP contribution is 2.24. The lowest BCUT2D eigenvalue weighted by molar-refractivity contribution is 0.0743. The lowest BCUT2D eigenvalue weighted by atomic mass is 10.1. The molecule has 2 N–H and O–H groups in total. The number of nitrogens with two attached hydrogens (primary N) is 1. The Kier molecular flexibility index (Phi) is 5.68. The third-order valence-electron chi connectivity index (χ3n) is 4.18. The molecule has 0 aliphatic carbocycles. The van der Waals surface area contributed by atoms with E-state index in [1.165, 1.54) is 0 Å². The van der Waals surface area contributed by atoms with Gasteiger partial charge >= 0.3 is 0 Å². The molecule has 1 fully saturated rings. The average molecular weight is 355 g/mol. The van der Waals surface area contributed by atoms with Crippen molar-refractivity contribution in [2.24, 2.45) is 11.7 Å². The summed E-state index contributed by atoms with van der Waals surface area (Å²) in [7, 11) is 0. The van der Waals surface area contributed by atoms with Gasteiger partial charge in [-0.3, -0.25) is 4.79 Å². The van der Waals surface area contributed by atoms with E-state index in [9.17, 15) is 4.79 Å². The molecule has 2 atom stereocenters. The number of hydrogen-bond acceptors (Lipinski definition) is 3. The molecule has 23 heavy (non-hydrogen) atoms. The quantitative estimate of drug-likeness (QED) is 0.921. The van der Waals surface area contributed by atoms with Gasteiger partial charge in [0.1, 0.15) is 0 Å². The first-order valence-electron chi connectivity index (χ1n) is 7.40. The highest BCUT2D eigenvalue weighted by molar-refractivity contribution is 6.30. The fourth-order valence-electron chi connectivity index (χ4n) is 2.93. The van der Waals surface area contributed by atoms with Gasteiger partial charge in [-0.15, -0.1) is 12.4 Å². The summed E-state index contributed by atoms with van der Waals surface area (Å²) in [4.78, 5) is 14.5. The number of nitrogens with zero attached hydrogens (tertiary/aromatic N) is 3. The molecule has 1 aliphatic rings. The van der Waals surface area contributed by atoms with Gasteiger partial charge in [-0.1, -0.05) is 11.6 Å². The molecule has 124 valence electrons. The second kappa shape index (κ2) is 7.34. The molecule has 7 heteroatoms. The first kappa shape index (κ1) is 17.8. The molecular weight excluding hydrogens is 335 g/mol. The normalized spacial score (nSPS) is 20.4. The number of amides is 1. The van der Waals surface area contributed by atoms with E-state index in [0.717, 1.165) is 18.7 Å². The van der Waals surface area contributed by atoms with Gasteiger partial charge in [-0.25, -0.2) is 4.68 Å². The maximum atomic E-state index is 12.6. The monoisotopic (exact) mass is 354 g/mol. The maximum absolute atomic E-state index is 12.6. The Morgan fingerprint density at radius 1 is 1.39 bits per heavy atom. The van der Waals surface area contributed by atoms with Gasteiger partial charge in [0, 0.05) is 23.8 Å². The Balaban J connectivity index is 0.00000192. The summed E-state index contributed by atoms with van der Waals surface area (Å²) in [5, 5.41) is 4.95. The fourth-order valence-corrected chi connectivity index (χ4v) is 3.06. The average Bonchev–Trinajstić information content (AvgIpc) is 3.14. The molecule has 3 rings (SSSR count). The van der Waals surface area contributed by atoms with E-state index in [1.807, 2.05) is 17.0 Å². The van der Waals surface area contributed by atoms with E-state index >= 15 is 0 Å². The van der Waals surface area contributed by atoms with Crippen LogP contribution in [0.4, 0.5) is 0 Å². The van der Waals surface area contributed by atoms with E-state index < -0.39 is 0 Å². The highest BCUT2D eigenvalue weighted by Gasteiger charge is 2.32. The molecule has 1 aromatic heterocycles. The predicted octanol–water partition coefficient (Wildman–Crippen LogP) is 2.76. The Morgan fingerprint density at radius 3 is 2.70 bits per heavy atom. The van der Waals surface area contributed by atoms with Crippen molar-refractivity contribution in [1.29, 1.82) is 0 Å². The molecule has 2 unspecified atom stereocenters. The van der Waals surface area contributed by atoms with Gasteiger partial charge in [0.25, 0.3) is 5.91 Å². The van der Waals surface area contributed by atoms with Crippen molar-refractivity contribution < 1.29 is 4.79 Å². The molecule has 1 saturated heterocycles. The summed E-state index contributed by atoms with van der Waals surface area (Å²) in [6, 6.07) is 7.56. The summed E-state index contributed by atoms with van der Waals surface area (Å²) in [6.45, 7) is 3.41. The van der Waals surface area contributed by atoms with Gasteiger partial charge in [0.2, 0.25) is 0 Å². The minimum absolute atomic E-state index is 0. The van der Waals surface area contributed by atoms with Crippen molar-refractivity contribution >= 4 is 29.9 Å². The van der Waals surface area contributed by atoms with Crippen LogP contribution in [0.25, 0.3) is 5.69 Å². The zero-order chi connectivity index (χ0) is 15.7. The van der Waals surface area contributed by atoms with Crippen LogP contribution in [0.3, 0.4) is 0 Å². The second-order valence-electron chi connectivity index (χ2n) is 5.79. The Bertz CT molecular complexity index is 671. The van der Waals surface area contributed by atoms with Gasteiger partial charge in [0.05, 0.1) is 17.4 Å². The number of likely N-dealkylation sites (tertiary alicyclic amines) is 1. The summed E-state index contributed by atoms with van der Waals surface area (Å²) >= 11 is 5.88. The third kappa shape index (κ3) is 3.68. The first-order valence-corrected chi connectivity index (χ1v) is 7.78. The molecule has 0 radical (unpaired) electrons. The zero-order valence-electron chi connectivity index (χ0n) is 12.9. The van der Waals surface area contributed by atoms with E-state index in [2.05, 4.69) is 12.0 Å². The van der Waals surface area contributed by atoms with E-state index in [-0.39, 0.29) is 24.4 Å². The Hall–Kier alpha value is -1.56. The molecular formula is C16H20Cl2N4O. The lowest BCUT2D eigenvalue weighted by Gasteiger charge is -2.20. The standard InChI is InChI=1S/C16H19ClN4O.ClH/c1-11-6-12(7-18)9-20(11)16(22)13-8-19-21(10-13)15-4-2-14(17)3-5-15;/h2-5,8,10-12H,6-7,9,18H2,1H3;1H. The van der Waals surface area contributed by atoms with Crippen LogP contribution in [0.2, 0.25) is 5.02 Å². The Labute approximate surface area is 146 Å². The fraction of sp³-hybridized carbons (Fsp3) is 0.375. The molecule has 5 nitrogen and oxygen atoms in total. The SMILES string of the molecule is CC1CC(CN)CN1C(=O)c1cnn(-c2ccc(Cl)cc2)c1.Cl. The summed E-state index contributed by atoms with van der Waals surface area (Å²) in [5.41, 5.74) is 7.19. The van der Waals surface area contributed by atoms with Gasteiger partial charge in [-0.2, -0.15) is 5.10 Å². The van der Waals surface area contributed by atoms with Crippen LogP contribution in [-0.2, 0) is 0 Å². The number of carbonyl (C=O) groups is 1. The number of rotatable bonds is 3. The lowest BCUT2D eigenvalue weighted by Crippen LogP contribution is -2.34. The molecule has 0 saturated carbocycles.